The van der Waals surface area contributed by atoms with E-state index in [1.54, 1.807) is 12.1 Å². The van der Waals surface area contributed by atoms with E-state index in [4.69, 9.17) is 20.7 Å². The van der Waals surface area contributed by atoms with Crippen molar-refractivity contribution in [3.05, 3.63) is 23.9 Å². The van der Waals surface area contributed by atoms with Crippen LogP contribution in [0.2, 0.25) is 0 Å². The molecule has 1 aliphatic rings. The van der Waals surface area contributed by atoms with Crippen molar-refractivity contribution >= 4 is 18.2 Å². The van der Waals surface area contributed by atoms with E-state index in [-0.39, 0.29) is 6.47 Å². The number of carboxylic acid groups (broad SMARTS) is 1. The number of primary amides is 1. The highest BCUT2D eigenvalue weighted by atomic mass is 16.3. The molecule has 1 fully saturated rings. The predicted molar refractivity (Wildman–Crippen MR) is 86.2 cm³/mol. The van der Waals surface area contributed by atoms with Gasteiger partial charge in [0.1, 0.15) is 5.82 Å². The molecule has 128 valence electrons. The van der Waals surface area contributed by atoms with E-state index < -0.39 is 5.91 Å². The zero-order valence-electron chi connectivity index (χ0n) is 13.0. The minimum Gasteiger partial charge on any atom is -0.483 e. The fourth-order valence-electron chi connectivity index (χ4n) is 2.38. The van der Waals surface area contributed by atoms with E-state index >= 15 is 0 Å². The highest BCUT2D eigenvalue weighted by Crippen LogP contribution is 2.15. The number of carbonyl (C=O) groups is 2. The summed E-state index contributed by atoms with van der Waals surface area (Å²) < 4.78 is 0. The number of hydrogen-bond donors (Lipinski definition) is 4. The van der Waals surface area contributed by atoms with Gasteiger partial charge in [0.05, 0.1) is 5.56 Å². The Morgan fingerprint density at radius 3 is 2.57 bits per heavy atom. The molecule has 1 aliphatic heterocycles. The van der Waals surface area contributed by atoms with E-state index in [2.05, 4.69) is 15.2 Å². The standard InChI is InChI=1S/C14H22N4O2.CH2O2/c15-14(20)12-1-2-13(17-9-12)16-5-8-18-6-3-11(10-19)4-7-18;2-1-3/h1-2,9,11,19H,3-8,10H2,(H2,15,20)(H,16,17);1H,(H,2,3). The molecular weight excluding hydrogens is 300 g/mol. The molecule has 0 spiro atoms. The van der Waals surface area contributed by atoms with Crippen molar-refractivity contribution in [1.82, 2.24) is 9.88 Å². The number of piperidine rings is 1. The molecule has 1 aromatic heterocycles. The van der Waals surface area contributed by atoms with Gasteiger partial charge in [0.2, 0.25) is 5.91 Å². The van der Waals surface area contributed by atoms with Crippen molar-refractivity contribution in [3.63, 3.8) is 0 Å². The molecule has 2 rings (SSSR count). The summed E-state index contributed by atoms with van der Waals surface area (Å²) in [6.07, 6.45) is 3.63. The van der Waals surface area contributed by atoms with Crippen molar-refractivity contribution in [3.8, 4) is 0 Å². The molecular formula is C15H24N4O4. The quantitative estimate of drug-likeness (QED) is 0.542. The SMILES string of the molecule is NC(=O)c1ccc(NCCN2CCC(CO)CC2)nc1.O=CO. The van der Waals surface area contributed by atoms with E-state index in [0.29, 0.717) is 18.1 Å². The Hall–Kier alpha value is -2.19. The average molecular weight is 324 g/mol. The van der Waals surface area contributed by atoms with Crippen LogP contribution in [0, 0.1) is 5.92 Å². The van der Waals surface area contributed by atoms with Crippen LogP contribution in [-0.2, 0) is 4.79 Å². The van der Waals surface area contributed by atoms with E-state index in [0.717, 1.165) is 44.8 Å². The van der Waals surface area contributed by atoms with Crippen LogP contribution in [-0.4, -0.2) is 65.3 Å². The fraction of sp³-hybridized carbons (Fsp3) is 0.533. The summed E-state index contributed by atoms with van der Waals surface area (Å²) in [4.78, 5) is 25.8. The average Bonchev–Trinajstić information content (AvgIpc) is 2.57. The lowest BCUT2D eigenvalue weighted by molar-refractivity contribution is -0.122. The Morgan fingerprint density at radius 2 is 2.09 bits per heavy atom. The third kappa shape index (κ3) is 7.07. The Labute approximate surface area is 135 Å². The molecule has 1 aromatic rings. The third-order valence-corrected chi connectivity index (χ3v) is 3.75. The lowest BCUT2D eigenvalue weighted by atomic mass is 9.98. The molecule has 5 N–H and O–H groups in total. The summed E-state index contributed by atoms with van der Waals surface area (Å²) in [6, 6.07) is 3.43. The Kier molecular flexibility index (Phi) is 8.63. The number of nitrogens with zero attached hydrogens (tertiary/aromatic N) is 2. The molecule has 0 atom stereocenters. The van der Waals surface area contributed by atoms with Gasteiger partial charge in [-0.3, -0.25) is 9.59 Å². The molecule has 8 nitrogen and oxygen atoms in total. The van der Waals surface area contributed by atoms with Crippen LogP contribution in [0.4, 0.5) is 5.82 Å². The first-order valence-electron chi connectivity index (χ1n) is 7.51. The molecule has 0 aliphatic carbocycles. The van der Waals surface area contributed by atoms with Crippen molar-refractivity contribution in [1.29, 1.82) is 0 Å². The zero-order valence-corrected chi connectivity index (χ0v) is 13.0. The Balaban J connectivity index is 0.000000816. The minimum atomic E-state index is -0.462. The largest absolute Gasteiger partial charge is 0.483 e. The predicted octanol–water partition coefficient (Wildman–Crippen LogP) is -0.00250. The number of aliphatic hydroxyl groups excluding tert-OH is 1. The number of pyridine rings is 1. The number of nitrogens with two attached hydrogens (primary N) is 1. The fourth-order valence-corrected chi connectivity index (χ4v) is 2.38. The van der Waals surface area contributed by atoms with Crippen LogP contribution in [0.1, 0.15) is 23.2 Å². The second-order valence-electron chi connectivity index (χ2n) is 5.30. The van der Waals surface area contributed by atoms with E-state index in [1.165, 1.54) is 6.20 Å². The summed E-state index contributed by atoms with van der Waals surface area (Å²) in [6.45, 7) is 3.91. The number of nitrogens with one attached hydrogen (secondary N) is 1. The number of anilines is 1. The molecule has 0 unspecified atom stereocenters. The van der Waals surface area contributed by atoms with Gasteiger partial charge in [-0.1, -0.05) is 0 Å². The Morgan fingerprint density at radius 1 is 1.43 bits per heavy atom. The smallest absolute Gasteiger partial charge is 0.290 e. The van der Waals surface area contributed by atoms with Gasteiger partial charge in [-0.15, -0.1) is 0 Å². The van der Waals surface area contributed by atoms with Gasteiger partial charge in [0, 0.05) is 25.9 Å². The molecule has 2 heterocycles. The van der Waals surface area contributed by atoms with Gasteiger partial charge in [0.15, 0.2) is 0 Å². The maximum atomic E-state index is 10.9. The maximum Gasteiger partial charge on any atom is 0.290 e. The highest BCUT2D eigenvalue weighted by molar-refractivity contribution is 5.92. The number of carbonyl (C=O) groups excluding carboxylic acids is 1. The van der Waals surface area contributed by atoms with E-state index in [9.17, 15) is 4.79 Å². The first-order chi connectivity index (χ1) is 11.1. The first kappa shape index (κ1) is 18.9. The number of likely N-dealkylation sites (tertiary alicyclic amines) is 1. The van der Waals surface area contributed by atoms with Crippen LogP contribution >= 0.6 is 0 Å². The molecule has 0 bridgehead atoms. The monoisotopic (exact) mass is 324 g/mol. The van der Waals surface area contributed by atoms with Gasteiger partial charge in [0.25, 0.3) is 6.47 Å². The molecule has 0 aromatic carbocycles. The van der Waals surface area contributed by atoms with Crippen LogP contribution in [0.15, 0.2) is 18.3 Å². The van der Waals surface area contributed by atoms with Crippen LogP contribution < -0.4 is 11.1 Å². The van der Waals surface area contributed by atoms with Gasteiger partial charge in [-0.05, 0) is 44.0 Å². The minimum absolute atomic E-state index is 0.250. The van der Waals surface area contributed by atoms with Crippen molar-refractivity contribution in [2.45, 2.75) is 12.8 Å². The van der Waals surface area contributed by atoms with Crippen molar-refractivity contribution in [2.75, 3.05) is 38.1 Å². The number of hydrogen-bond acceptors (Lipinski definition) is 6. The molecule has 1 saturated heterocycles. The molecule has 23 heavy (non-hydrogen) atoms. The number of rotatable bonds is 6. The molecule has 1 amide bonds. The number of aliphatic hydroxyl groups is 1. The lowest BCUT2D eigenvalue weighted by Gasteiger charge is -2.30. The van der Waals surface area contributed by atoms with Gasteiger partial charge < -0.3 is 26.2 Å². The summed E-state index contributed by atoms with van der Waals surface area (Å²) in [5, 5.41) is 19.2. The van der Waals surface area contributed by atoms with Gasteiger partial charge in [-0.2, -0.15) is 0 Å². The number of amides is 1. The molecule has 0 radical (unpaired) electrons. The van der Waals surface area contributed by atoms with Gasteiger partial charge in [-0.25, -0.2) is 4.98 Å². The number of aromatic nitrogens is 1. The second kappa shape index (κ2) is 10.5. The highest BCUT2D eigenvalue weighted by Gasteiger charge is 2.17. The maximum absolute atomic E-state index is 10.9. The molecule has 8 heteroatoms. The van der Waals surface area contributed by atoms with Crippen molar-refractivity contribution < 1.29 is 19.8 Å². The summed E-state index contributed by atoms with van der Waals surface area (Å²) in [5.41, 5.74) is 5.58. The summed E-state index contributed by atoms with van der Waals surface area (Å²) in [7, 11) is 0. The van der Waals surface area contributed by atoms with Crippen LogP contribution in [0.5, 0.6) is 0 Å². The zero-order chi connectivity index (χ0) is 17.1. The van der Waals surface area contributed by atoms with E-state index in [1.807, 2.05) is 0 Å². The van der Waals surface area contributed by atoms with Crippen LogP contribution in [0.25, 0.3) is 0 Å². The normalized spacial score (nSPS) is 15.3. The molecule has 0 saturated carbocycles. The lowest BCUT2D eigenvalue weighted by Crippen LogP contribution is -2.37. The van der Waals surface area contributed by atoms with Crippen LogP contribution in [0.3, 0.4) is 0 Å². The Bertz CT molecular complexity index is 473. The topological polar surface area (TPSA) is 129 Å². The third-order valence-electron chi connectivity index (χ3n) is 3.75. The van der Waals surface area contributed by atoms with Crippen molar-refractivity contribution in [2.24, 2.45) is 11.7 Å². The second-order valence-corrected chi connectivity index (χ2v) is 5.30. The summed E-state index contributed by atoms with van der Waals surface area (Å²) in [5.74, 6) is 0.762. The summed E-state index contributed by atoms with van der Waals surface area (Å²) >= 11 is 0. The van der Waals surface area contributed by atoms with Gasteiger partial charge >= 0.3 is 0 Å². The first-order valence-corrected chi connectivity index (χ1v) is 7.51.